The minimum absolute atomic E-state index is 0.00257. The molecule has 5 rings (SSSR count). The summed E-state index contributed by atoms with van der Waals surface area (Å²) in [5.74, 6) is -0.253. The van der Waals surface area contributed by atoms with Crippen LogP contribution in [-0.4, -0.2) is 43.6 Å². The fourth-order valence-electron chi connectivity index (χ4n) is 4.62. The molecule has 3 atom stereocenters. The first-order chi connectivity index (χ1) is 14.8. The molecule has 1 saturated heterocycles. The lowest BCUT2D eigenvalue weighted by Gasteiger charge is -2.30. The number of hydrogen-bond acceptors (Lipinski definition) is 5. The summed E-state index contributed by atoms with van der Waals surface area (Å²) in [5, 5.41) is 13.6. The lowest BCUT2D eigenvalue weighted by Crippen LogP contribution is -2.49. The number of aliphatic hydroxyl groups is 1. The number of fused-ring (bicyclic) bond motifs is 1. The van der Waals surface area contributed by atoms with Crippen LogP contribution in [0.4, 0.5) is 13.2 Å². The van der Waals surface area contributed by atoms with Gasteiger partial charge in [-0.25, -0.2) is 9.97 Å². The maximum Gasteiger partial charge on any atom is 0.416 e. The molecule has 1 aliphatic heterocycles. The third kappa shape index (κ3) is 3.51. The number of benzene rings is 1. The number of carbonyl (C=O) groups is 1. The van der Waals surface area contributed by atoms with Crippen molar-refractivity contribution in [1.29, 1.82) is 0 Å². The van der Waals surface area contributed by atoms with Crippen molar-refractivity contribution >= 4 is 16.9 Å². The summed E-state index contributed by atoms with van der Waals surface area (Å²) in [6.45, 7) is 0.865. The number of rotatable bonds is 4. The zero-order valence-electron chi connectivity index (χ0n) is 16.6. The predicted molar refractivity (Wildman–Crippen MR) is 107 cm³/mol. The molecular formula is C22H21F3N4O2. The molecule has 1 aliphatic carbocycles. The first-order valence-corrected chi connectivity index (χ1v) is 10.2. The van der Waals surface area contributed by atoms with E-state index in [1.165, 1.54) is 18.6 Å². The van der Waals surface area contributed by atoms with Crippen LogP contribution in [0, 0.1) is 5.92 Å². The number of nitrogens with one attached hydrogen (secondary N) is 1. The normalized spacial score (nSPS) is 25.8. The smallest absolute Gasteiger partial charge is 0.391 e. The molecule has 6 nitrogen and oxygen atoms in total. The van der Waals surface area contributed by atoms with Gasteiger partial charge in [0.1, 0.15) is 0 Å². The quantitative estimate of drug-likeness (QED) is 0.665. The van der Waals surface area contributed by atoms with Gasteiger partial charge in [-0.2, -0.15) is 13.2 Å². The Bertz CT molecular complexity index is 1160. The minimum atomic E-state index is -4.43. The molecule has 0 amide bonds. The molecule has 1 spiro atoms. The molecule has 1 aromatic carbocycles. The van der Waals surface area contributed by atoms with Crippen molar-refractivity contribution in [2.24, 2.45) is 5.92 Å². The molecule has 2 aromatic heterocycles. The van der Waals surface area contributed by atoms with Gasteiger partial charge in [-0.15, -0.1) is 0 Å². The Hall–Kier alpha value is -2.78. The fourth-order valence-corrected chi connectivity index (χ4v) is 4.62. The van der Waals surface area contributed by atoms with Gasteiger partial charge in [-0.1, -0.05) is 12.1 Å². The van der Waals surface area contributed by atoms with Gasteiger partial charge in [0.05, 0.1) is 35.6 Å². The van der Waals surface area contributed by atoms with Gasteiger partial charge in [0, 0.05) is 17.7 Å². The zero-order chi connectivity index (χ0) is 21.8. The average Bonchev–Trinajstić information content (AvgIpc) is 3.35. The van der Waals surface area contributed by atoms with Crippen LogP contribution in [0.15, 0.2) is 42.9 Å². The molecule has 0 radical (unpaired) electrons. The van der Waals surface area contributed by atoms with E-state index in [0.717, 1.165) is 25.1 Å². The van der Waals surface area contributed by atoms with Crippen molar-refractivity contribution < 1.29 is 23.1 Å². The standard InChI is InChI=1S/C22H21F3N4O2/c23-22(24,25)15-4-1-3-13(7-15)14-8-17-20(26-10-14)27-12-29(17)11-18(30)16-9-21(16)19(31)5-2-6-28-21/h1,3-4,7-8,10,12,16,19,28,31H,2,5-6,9,11H2/t16-,19+,21?/m1/s1. The molecule has 3 heterocycles. The second-order valence-corrected chi connectivity index (χ2v) is 8.37. The molecular weight excluding hydrogens is 409 g/mol. The first kappa shape index (κ1) is 20.1. The summed E-state index contributed by atoms with van der Waals surface area (Å²) in [5.41, 5.74) is 0.665. The van der Waals surface area contributed by atoms with Crippen LogP contribution in [0.1, 0.15) is 24.8 Å². The number of halogens is 3. The molecule has 3 aromatic rings. The molecule has 2 aliphatic rings. The number of carbonyl (C=O) groups excluding carboxylic acids is 1. The lowest BCUT2D eigenvalue weighted by molar-refractivity contribution is -0.137. The molecule has 1 unspecified atom stereocenters. The van der Waals surface area contributed by atoms with Crippen molar-refractivity contribution in [2.75, 3.05) is 6.54 Å². The monoisotopic (exact) mass is 430 g/mol. The number of ketones is 1. The first-order valence-electron chi connectivity index (χ1n) is 10.2. The second kappa shape index (κ2) is 7.13. The Kier molecular flexibility index (Phi) is 4.63. The maximum absolute atomic E-state index is 13.1. The van der Waals surface area contributed by atoms with Gasteiger partial charge in [0.25, 0.3) is 0 Å². The molecule has 31 heavy (non-hydrogen) atoms. The molecule has 162 valence electrons. The van der Waals surface area contributed by atoms with Crippen LogP contribution >= 0.6 is 0 Å². The van der Waals surface area contributed by atoms with E-state index < -0.39 is 23.4 Å². The summed E-state index contributed by atoms with van der Waals surface area (Å²) in [4.78, 5) is 21.4. The Balaban J connectivity index is 1.41. The van der Waals surface area contributed by atoms with E-state index in [9.17, 15) is 23.1 Å². The van der Waals surface area contributed by atoms with Crippen LogP contribution < -0.4 is 5.32 Å². The number of piperidine rings is 1. The van der Waals surface area contributed by atoms with E-state index in [1.54, 1.807) is 16.7 Å². The average molecular weight is 430 g/mol. The highest BCUT2D eigenvalue weighted by molar-refractivity contribution is 5.87. The number of aliphatic hydroxyl groups excluding tert-OH is 1. The van der Waals surface area contributed by atoms with E-state index in [2.05, 4.69) is 15.3 Å². The third-order valence-electron chi connectivity index (χ3n) is 6.42. The molecule has 9 heteroatoms. The molecule has 2 N–H and O–H groups in total. The Morgan fingerprint density at radius 3 is 2.87 bits per heavy atom. The van der Waals surface area contributed by atoms with Crippen LogP contribution in [0.25, 0.3) is 22.3 Å². The summed E-state index contributed by atoms with van der Waals surface area (Å²) in [7, 11) is 0. The predicted octanol–water partition coefficient (Wildman–Crippen LogP) is 3.19. The number of pyridine rings is 1. The van der Waals surface area contributed by atoms with Crippen molar-refractivity contribution in [1.82, 2.24) is 19.9 Å². The summed E-state index contributed by atoms with van der Waals surface area (Å²) in [6, 6.07) is 6.76. The number of nitrogens with zero attached hydrogens (tertiary/aromatic N) is 3. The van der Waals surface area contributed by atoms with Crippen molar-refractivity contribution in [3.05, 3.63) is 48.4 Å². The largest absolute Gasteiger partial charge is 0.416 e. The SMILES string of the molecule is O=C(Cn1cnc2ncc(-c3cccc(C(F)(F)F)c3)cc21)[C@H]1CC12NCCC[C@@H]2O. The molecule has 1 saturated carbocycles. The lowest BCUT2D eigenvalue weighted by atomic mass is 9.95. The summed E-state index contributed by atoms with van der Waals surface area (Å²) >= 11 is 0. The van der Waals surface area contributed by atoms with Gasteiger partial charge < -0.3 is 15.0 Å². The molecule has 0 bridgehead atoms. The molecule has 2 fully saturated rings. The van der Waals surface area contributed by atoms with Crippen LogP contribution in [0.5, 0.6) is 0 Å². The number of hydrogen-bond donors (Lipinski definition) is 2. The van der Waals surface area contributed by atoms with Gasteiger partial charge >= 0.3 is 6.18 Å². The van der Waals surface area contributed by atoms with E-state index >= 15 is 0 Å². The second-order valence-electron chi connectivity index (χ2n) is 8.37. The van der Waals surface area contributed by atoms with E-state index in [0.29, 0.717) is 35.1 Å². The highest BCUT2D eigenvalue weighted by Crippen LogP contribution is 2.49. The topological polar surface area (TPSA) is 80.0 Å². The van der Waals surface area contributed by atoms with Gasteiger partial charge in [-0.05, 0) is 49.6 Å². The van der Waals surface area contributed by atoms with Crippen molar-refractivity contribution in [2.45, 2.75) is 43.6 Å². The van der Waals surface area contributed by atoms with Crippen molar-refractivity contribution in [3.8, 4) is 11.1 Å². The maximum atomic E-state index is 13.1. The van der Waals surface area contributed by atoms with E-state index in [-0.39, 0.29) is 18.2 Å². The summed E-state index contributed by atoms with van der Waals surface area (Å²) in [6.07, 6.45) is 0.242. The Morgan fingerprint density at radius 1 is 1.26 bits per heavy atom. The minimum Gasteiger partial charge on any atom is -0.391 e. The number of imidazole rings is 1. The van der Waals surface area contributed by atoms with Gasteiger partial charge in [-0.3, -0.25) is 4.79 Å². The number of Topliss-reactive ketones (excluding diaryl/α,β-unsaturated/α-hetero) is 1. The van der Waals surface area contributed by atoms with E-state index in [1.807, 2.05) is 0 Å². The zero-order valence-corrected chi connectivity index (χ0v) is 16.6. The highest BCUT2D eigenvalue weighted by atomic mass is 19.4. The Labute approximate surface area is 176 Å². The number of alkyl halides is 3. The van der Waals surface area contributed by atoms with Gasteiger partial charge in [0.2, 0.25) is 0 Å². The highest BCUT2D eigenvalue weighted by Gasteiger charge is 2.62. The van der Waals surface area contributed by atoms with Crippen molar-refractivity contribution in [3.63, 3.8) is 0 Å². The Morgan fingerprint density at radius 2 is 2.10 bits per heavy atom. The fraction of sp³-hybridized carbons (Fsp3) is 0.409. The van der Waals surface area contributed by atoms with Gasteiger partial charge in [0.15, 0.2) is 11.4 Å². The summed E-state index contributed by atoms with van der Waals surface area (Å²) < 4.78 is 40.9. The third-order valence-corrected chi connectivity index (χ3v) is 6.42. The van der Waals surface area contributed by atoms with Crippen LogP contribution in [-0.2, 0) is 17.5 Å². The van der Waals surface area contributed by atoms with Crippen LogP contribution in [0.2, 0.25) is 0 Å². The van der Waals surface area contributed by atoms with E-state index in [4.69, 9.17) is 0 Å². The van der Waals surface area contributed by atoms with Crippen LogP contribution in [0.3, 0.4) is 0 Å². The number of aromatic nitrogens is 3.